The second kappa shape index (κ2) is 11.3. The van der Waals surface area contributed by atoms with Crippen LogP contribution >= 0.6 is 0 Å². The van der Waals surface area contributed by atoms with Crippen molar-refractivity contribution in [1.29, 1.82) is 5.26 Å². The SMILES string of the molecule is N#Cc1cc(-c2ccnc(Nc3ccc(-n4cnc(N5CCCC(O)C5)n4)cc3)n2)ccc1N1CCC(O)CC1. The van der Waals surface area contributed by atoms with Crippen molar-refractivity contribution in [2.75, 3.05) is 41.3 Å². The van der Waals surface area contributed by atoms with Gasteiger partial charge in [0, 0.05) is 43.6 Å². The number of aliphatic hydroxyl groups excluding tert-OH is 2. The summed E-state index contributed by atoms with van der Waals surface area (Å²) in [6, 6.07) is 17.7. The molecule has 3 N–H and O–H groups in total. The topological polar surface area (TPSA) is 139 Å². The molecule has 40 heavy (non-hydrogen) atoms. The Morgan fingerprint density at radius 1 is 0.900 bits per heavy atom. The molecule has 0 aliphatic carbocycles. The fourth-order valence-electron chi connectivity index (χ4n) is 5.23. The number of benzene rings is 2. The van der Waals surface area contributed by atoms with Gasteiger partial charge in [0.15, 0.2) is 0 Å². The van der Waals surface area contributed by atoms with Gasteiger partial charge in [-0.15, -0.1) is 5.10 Å². The van der Waals surface area contributed by atoms with E-state index in [1.165, 1.54) is 0 Å². The molecule has 0 radical (unpaired) electrons. The van der Waals surface area contributed by atoms with Gasteiger partial charge in [0.2, 0.25) is 11.9 Å². The minimum absolute atomic E-state index is 0.264. The normalized spacial score (nSPS) is 18.0. The number of β-amino-alcohol motifs (C(OH)–C–C–N with tert-alkyl or cyclic N) is 1. The molecule has 2 aliphatic rings. The van der Waals surface area contributed by atoms with E-state index in [1.54, 1.807) is 17.2 Å². The Bertz CT molecular complexity index is 1510. The zero-order chi connectivity index (χ0) is 27.5. The van der Waals surface area contributed by atoms with Gasteiger partial charge in [-0.3, -0.25) is 0 Å². The summed E-state index contributed by atoms with van der Waals surface area (Å²) in [5.41, 5.74) is 4.71. The standard InChI is InChI=1S/C29H31N9O2/c30-17-21-16-20(3-8-27(21)36-14-10-24(39)11-15-36)26-9-12-31-28(34-26)33-22-4-6-23(7-5-22)38-19-32-29(35-38)37-13-1-2-25(40)18-37/h3-9,12,16,19,24-25,39-40H,1-2,10-11,13-15,18H2,(H,31,33,34). The molecule has 11 heteroatoms. The van der Waals surface area contributed by atoms with Crippen molar-refractivity contribution in [2.45, 2.75) is 37.9 Å². The number of aliphatic hydroxyl groups is 2. The van der Waals surface area contributed by atoms with Crippen molar-refractivity contribution in [3.8, 4) is 23.0 Å². The van der Waals surface area contributed by atoms with E-state index < -0.39 is 0 Å². The quantitative estimate of drug-likeness (QED) is 0.336. The maximum absolute atomic E-state index is 9.95. The lowest BCUT2D eigenvalue weighted by atomic mass is 10.0. The Morgan fingerprint density at radius 2 is 1.73 bits per heavy atom. The molecule has 0 saturated carbocycles. The predicted octanol–water partition coefficient (Wildman–Crippen LogP) is 3.26. The lowest BCUT2D eigenvalue weighted by Gasteiger charge is -2.32. The van der Waals surface area contributed by atoms with Gasteiger partial charge in [0.25, 0.3) is 0 Å². The first-order valence-electron chi connectivity index (χ1n) is 13.6. The summed E-state index contributed by atoms with van der Waals surface area (Å²) in [6.07, 6.45) is 5.93. The third-order valence-electron chi connectivity index (χ3n) is 7.42. The van der Waals surface area contributed by atoms with Crippen LogP contribution in [0.3, 0.4) is 0 Å². The van der Waals surface area contributed by atoms with Crippen molar-refractivity contribution in [3.05, 3.63) is 66.6 Å². The van der Waals surface area contributed by atoms with Gasteiger partial charge in [-0.25, -0.2) is 14.6 Å². The summed E-state index contributed by atoms with van der Waals surface area (Å²) < 4.78 is 1.72. The van der Waals surface area contributed by atoms with Crippen molar-refractivity contribution in [2.24, 2.45) is 0 Å². The highest BCUT2D eigenvalue weighted by Crippen LogP contribution is 2.29. The number of nitrogens with one attached hydrogen (secondary N) is 1. The summed E-state index contributed by atoms with van der Waals surface area (Å²) in [7, 11) is 0. The molecule has 204 valence electrons. The second-order valence-electron chi connectivity index (χ2n) is 10.2. The lowest BCUT2D eigenvalue weighted by molar-refractivity contribution is 0.145. The van der Waals surface area contributed by atoms with E-state index >= 15 is 0 Å². The largest absolute Gasteiger partial charge is 0.393 e. The number of hydrogen-bond donors (Lipinski definition) is 3. The van der Waals surface area contributed by atoms with E-state index in [1.807, 2.05) is 53.4 Å². The molecule has 6 rings (SSSR count). The van der Waals surface area contributed by atoms with E-state index in [4.69, 9.17) is 0 Å². The maximum Gasteiger partial charge on any atom is 0.245 e. The van der Waals surface area contributed by atoms with Crippen LogP contribution in [0.15, 0.2) is 61.1 Å². The van der Waals surface area contributed by atoms with Crippen molar-refractivity contribution >= 4 is 23.3 Å². The fourth-order valence-corrected chi connectivity index (χ4v) is 5.23. The number of anilines is 4. The van der Waals surface area contributed by atoms with Crippen LogP contribution in [-0.2, 0) is 0 Å². The Balaban J connectivity index is 1.14. The molecule has 2 aromatic carbocycles. The van der Waals surface area contributed by atoms with E-state index in [0.29, 0.717) is 42.5 Å². The summed E-state index contributed by atoms with van der Waals surface area (Å²) in [4.78, 5) is 17.6. The highest BCUT2D eigenvalue weighted by molar-refractivity contribution is 5.70. The summed E-state index contributed by atoms with van der Waals surface area (Å²) in [6.45, 7) is 2.86. The third-order valence-corrected chi connectivity index (χ3v) is 7.42. The van der Waals surface area contributed by atoms with Crippen LogP contribution in [0.5, 0.6) is 0 Å². The summed E-state index contributed by atoms with van der Waals surface area (Å²) in [5.74, 6) is 1.07. The number of nitriles is 1. The van der Waals surface area contributed by atoms with Crippen LogP contribution in [0.25, 0.3) is 16.9 Å². The Hall–Kier alpha value is -4.53. The van der Waals surface area contributed by atoms with Gasteiger partial charge in [-0.1, -0.05) is 6.07 Å². The number of rotatable bonds is 6. The maximum atomic E-state index is 9.95. The minimum Gasteiger partial charge on any atom is -0.393 e. The van der Waals surface area contributed by atoms with E-state index in [0.717, 1.165) is 55.1 Å². The van der Waals surface area contributed by atoms with Gasteiger partial charge in [0.1, 0.15) is 12.4 Å². The lowest BCUT2D eigenvalue weighted by Crippen LogP contribution is -2.38. The average Bonchev–Trinajstić information content (AvgIpc) is 3.48. The first-order valence-corrected chi connectivity index (χ1v) is 13.6. The van der Waals surface area contributed by atoms with Crippen LogP contribution in [0.2, 0.25) is 0 Å². The Morgan fingerprint density at radius 3 is 2.50 bits per heavy atom. The van der Waals surface area contributed by atoms with Crippen LogP contribution in [-0.4, -0.2) is 73.3 Å². The monoisotopic (exact) mass is 537 g/mol. The van der Waals surface area contributed by atoms with Gasteiger partial charge < -0.3 is 25.3 Å². The number of aromatic nitrogens is 5. The number of piperidine rings is 2. The molecule has 4 heterocycles. The van der Waals surface area contributed by atoms with Crippen LogP contribution in [0, 0.1) is 11.3 Å². The molecule has 1 unspecified atom stereocenters. The molecule has 2 aliphatic heterocycles. The number of nitrogens with zero attached hydrogens (tertiary/aromatic N) is 8. The third kappa shape index (κ3) is 5.59. The highest BCUT2D eigenvalue weighted by atomic mass is 16.3. The molecular formula is C29H31N9O2. The van der Waals surface area contributed by atoms with Crippen LogP contribution in [0.4, 0.5) is 23.3 Å². The summed E-state index contributed by atoms with van der Waals surface area (Å²) in [5, 5.41) is 37.4. The van der Waals surface area contributed by atoms with Crippen molar-refractivity contribution in [1.82, 2.24) is 24.7 Å². The van der Waals surface area contributed by atoms with Crippen LogP contribution in [0.1, 0.15) is 31.2 Å². The highest BCUT2D eigenvalue weighted by Gasteiger charge is 2.21. The zero-order valence-electron chi connectivity index (χ0n) is 22.1. The van der Waals surface area contributed by atoms with Gasteiger partial charge in [0.05, 0.1) is 34.8 Å². The molecule has 0 spiro atoms. The number of hydrogen-bond acceptors (Lipinski definition) is 10. The molecule has 0 bridgehead atoms. The first-order chi connectivity index (χ1) is 19.6. The molecule has 1 atom stereocenters. The molecule has 11 nitrogen and oxygen atoms in total. The van der Waals surface area contributed by atoms with E-state index in [2.05, 4.69) is 36.3 Å². The molecule has 0 amide bonds. The van der Waals surface area contributed by atoms with E-state index in [-0.39, 0.29) is 12.2 Å². The van der Waals surface area contributed by atoms with Gasteiger partial charge in [-0.2, -0.15) is 10.2 Å². The molecule has 2 saturated heterocycles. The molecular weight excluding hydrogens is 506 g/mol. The zero-order valence-corrected chi connectivity index (χ0v) is 22.1. The fraction of sp³-hybridized carbons (Fsp3) is 0.345. The second-order valence-corrected chi connectivity index (χ2v) is 10.2. The summed E-state index contributed by atoms with van der Waals surface area (Å²) >= 11 is 0. The van der Waals surface area contributed by atoms with Crippen molar-refractivity contribution in [3.63, 3.8) is 0 Å². The Labute approximate surface area is 232 Å². The van der Waals surface area contributed by atoms with Crippen molar-refractivity contribution < 1.29 is 10.2 Å². The Kier molecular flexibility index (Phi) is 7.27. The predicted molar refractivity (Wildman–Crippen MR) is 152 cm³/mol. The van der Waals surface area contributed by atoms with Crippen LogP contribution < -0.4 is 15.1 Å². The average molecular weight is 538 g/mol. The van der Waals surface area contributed by atoms with E-state index in [9.17, 15) is 15.5 Å². The smallest absolute Gasteiger partial charge is 0.245 e. The molecule has 2 fully saturated rings. The molecule has 4 aromatic rings. The van der Waals surface area contributed by atoms with Gasteiger partial charge in [-0.05, 0) is 68.1 Å². The first kappa shape index (κ1) is 25.7. The minimum atomic E-state index is -0.338. The molecule has 2 aromatic heterocycles. The van der Waals surface area contributed by atoms with Gasteiger partial charge >= 0.3 is 0 Å².